The first-order valence-electron chi connectivity index (χ1n) is 8.01. The van der Waals surface area contributed by atoms with Crippen molar-refractivity contribution in [3.8, 4) is 11.3 Å². The summed E-state index contributed by atoms with van der Waals surface area (Å²) >= 11 is 0. The minimum Gasteiger partial charge on any atom is -0.351 e. The van der Waals surface area contributed by atoms with E-state index in [0.717, 1.165) is 30.7 Å². The van der Waals surface area contributed by atoms with E-state index < -0.39 is 0 Å². The number of halogens is 1. The summed E-state index contributed by atoms with van der Waals surface area (Å²) in [4.78, 5) is 12.3. The summed E-state index contributed by atoms with van der Waals surface area (Å²) in [6, 6.07) is 6.16. The lowest BCUT2D eigenvalue weighted by Crippen LogP contribution is -2.61. The molecule has 3 aliphatic rings. The van der Waals surface area contributed by atoms with Gasteiger partial charge in [-0.1, -0.05) is 5.21 Å². The van der Waals surface area contributed by atoms with Crippen LogP contribution >= 0.6 is 0 Å². The van der Waals surface area contributed by atoms with Crippen LogP contribution in [0.25, 0.3) is 11.3 Å². The van der Waals surface area contributed by atoms with Crippen LogP contribution < -0.4 is 5.32 Å². The first-order chi connectivity index (χ1) is 11.0. The van der Waals surface area contributed by atoms with Gasteiger partial charge in [0.15, 0.2) is 0 Å². The Morgan fingerprint density at radius 1 is 1.39 bits per heavy atom. The number of benzene rings is 1. The predicted octanol–water partition coefficient (Wildman–Crippen LogP) is 2.39. The van der Waals surface area contributed by atoms with Crippen LogP contribution in [-0.4, -0.2) is 26.9 Å². The van der Waals surface area contributed by atoms with Gasteiger partial charge in [0.2, 0.25) is 5.91 Å². The van der Waals surface area contributed by atoms with Crippen molar-refractivity contribution < 1.29 is 9.18 Å². The lowest BCUT2D eigenvalue weighted by molar-refractivity contribution is -0.165. The molecule has 0 radical (unpaired) electrons. The summed E-state index contributed by atoms with van der Waals surface area (Å²) in [5.74, 6) is 0.710. The molecule has 2 bridgehead atoms. The smallest absolute Gasteiger partial charge is 0.226 e. The largest absolute Gasteiger partial charge is 0.351 e. The van der Waals surface area contributed by atoms with Crippen LogP contribution in [0.5, 0.6) is 0 Å². The highest BCUT2D eigenvalue weighted by Crippen LogP contribution is 2.64. The molecule has 3 fully saturated rings. The normalized spacial score (nSPS) is 26.1. The molecule has 2 aromatic rings. The van der Waals surface area contributed by atoms with Gasteiger partial charge in [0.1, 0.15) is 11.5 Å². The molecule has 0 saturated heterocycles. The lowest BCUT2D eigenvalue weighted by atomic mass is 9.44. The van der Waals surface area contributed by atoms with Crippen LogP contribution in [0, 0.1) is 17.2 Å². The van der Waals surface area contributed by atoms with Gasteiger partial charge in [0, 0.05) is 17.0 Å². The summed E-state index contributed by atoms with van der Waals surface area (Å²) in [5.41, 5.74) is 1.46. The summed E-state index contributed by atoms with van der Waals surface area (Å²) in [6.07, 6.45) is 4.99. The van der Waals surface area contributed by atoms with E-state index in [9.17, 15) is 9.18 Å². The maximum absolute atomic E-state index is 13.0. The first kappa shape index (κ1) is 14.4. The molecular formula is C17H19FN4O. The third-order valence-corrected chi connectivity index (χ3v) is 5.04. The Morgan fingerprint density at radius 2 is 2.09 bits per heavy atom. The summed E-state index contributed by atoms with van der Waals surface area (Å²) in [6.45, 7) is 2.54. The van der Waals surface area contributed by atoms with Crippen molar-refractivity contribution in [2.75, 3.05) is 0 Å². The highest BCUT2D eigenvalue weighted by molar-refractivity contribution is 5.85. The van der Waals surface area contributed by atoms with Gasteiger partial charge in [-0.05, 0) is 56.4 Å². The maximum atomic E-state index is 13.0. The number of nitrogens with zero attached hydrogens (tertiary/aromatic N) is 3. The molecule has 0 spiro atoms. The Labute approximate surface area is 133 Å². The quantitative estimate of drug-likeness (QED) is 0.922. The van der Waals surface area contributed by atoms with Gasteiger partial charge in [-0.2, -0.15) is 0 Å². The molecule has 120 valence electrons. The average molecular weight is 314 g/mol. The van der Waals surface area contributed by atoms with Gasteiger partial charge in [0.25, 0.3) is 0 Å². The zero-order chi connectivity index (χ0) is 16.0. The van der Waals surface area contributed by atoms with Crippen LogP contribution in [0.15, 0.2) is 30.5 Å². The van der Waals surface area contributed by atoms with E-state index in [-0.39, 0.29) is 23.2 Å². The van der Waals surface area contributed by atoms with Crippen molar-refractivity contribution in [2.45, 2.75) is 38.8 Å². The van der Waals surface area contributed by atoms with Gasteiger partial charge < -0.3 is 5.32 Å². The molecule has 0 aliphatic heterocycles. The Kier molecular flexibility index (Phi) is 3.21. The molecular weight excluding hydrogens is 295 g/mol. The fourth-order valence-electron chi connectivity index (χ4n) is 3.60. The number of carbonyl (C=O) groups excluding carboxylic acids is 1. The van der Waals surface area contributed by atoms with Crippen molar-refractivity contribution in [3.05, 3.63) is 36.3 Å². The number of carbonyl (C=O) groups is 1. The van der Waals surface area contributed by atoms with Crippen LogP contribution in [0.2, 0.25) is 0 Å². The molecule has 5 nitrogen and oxygen atoms in total. The molecule has 1 aromatic carbocycles. The summed E-state index contributed by atoms with van der Waals surface area (Å²) < 4.78 is 14.7. The zero-order valence-electron chi connectivity index (χ0n) is 13.0. The standard InChI is InChI=1S/C17H19FN4O/c1-11(19-16(23)17-6-12(7-17)8-17)9-22-10-15(20-21-22)13-2-4-14(18)5-3-13/h2-5,10-12H,6-9H2,1H3,(H,19,23)/t11-,12?,17?/m1/s1. The fraction of sp³-hybridized carbons (Fsp3) is 0.471. The fourth-order valence-corrected chi connectivity index (χ4v) is 3.60. The molecule has 6 heteroatoms. The van der Waals surface area contributed by atoms with E-state index in [1.54, 1.807) is 16.8 Å². The maximum Gasteiger partial charge on any atom is 0.226 e. The van der Waals surface area contributed by atoms with E-state index in [1.165, 1.54) is 12.1 Å². The van der Waals surface area contributed by atoms with Crippen LogP contribution in [0.4, 0.5) is 4.39 Å². The van der Waals surface area contributed by atoms with E-state index >= 15 is 0 Å². The summed E-state index contributed by atoms with van der Waals surface area (Å²) in [5, 5.41) is 11.3. The van der Waals surface area contributed by atoms with Gasteiger partial charge in [0.05, 0.1) is 12.7 Å². The predicted molar refractivity (Wildman–Crippen MR) is 82.8 cm³/mol. The Bertz CT molecular complexity index is 722. The highest BCUT2D eigenvalue weighted by atomic mass is 19.1. The molecule has 0 unspecified atom stereocenters. The van der Waals surface area contributed by atoms with Gasteiger partial charge >= 0.3 is 0 Å². The van der Waals surface area contributed by atoms with Crippen LogP contribution in [0.1, 0.15) is 26.2 Å². The number of hydrogen-bond donors (Lipinski definition) is 1. The highest BCUT2D eigenvalue weighted by Gasteiger charge is 2.61. The SMILES string of the molecule is C[C@H](Cn1cc(-c2ccc(F)cc2)nn1)NC(=O)C12CC(C1)C2. The molecule has 1 amide bonds. The molecule has 5 rings (SSSR count). The van der Waals surface area contributed by atoms with E-state index in [0.29, 0.717) is 12.2 Å². The van der Waals surface area contributed by atoms with Crippen molar-refractivity contribution in [3.63, 3.8) is 0 Å². The van der Waals surface area contributed by atoms with E-state index in [4.69, 9.17) is 0 Å². The van der Waals surface area contributed by atoms with Crippen molar-refractivity contribution in [2.24, 2.45) is 11.3 Å². The molecule has 1 heterocycles. The topological polar surface area (TPSA) is 59.8 Å². The number of aromatic nitrogens is 3. The third kappa shape index (κ3) is 2.52. The number of amides is 1. The molecule has 1 N–H and O–H groups in total. The number of hydrogen-bond acceptors (Lipinski definition) is 3. The van der Waals surface area contributed by atoms with Crippen molar-refractivity contribution in [1.82, 2.24) is 20.3 Å². The molecule has 1 aromatic heterocycles. The Hall–Kier alpha value is -2.24. The van der Waals surface area contributed by atoms with Crippen molar-refractivity contribution in [1.29, 1.82) is 0 Å². The van der Waals surface area contributed by atoms with Gasteiger partial charge in [-0.15, -0.1) is 5.10 Å². The lowest BCUT2D eigenvalue weighted by Gasteiger charge is -2.60. The van der Waals surface area contributed by atoms with Crippen LogP contribution in [0.3, 0.4) is 0 Å². The average Bonchev–Trinajstić information content (AvgIpc) is 2.84. The molecule has 3 aliphatic carbocycles. The monoisotopic (exact) mass is 314 g/mol. The number of nitrogens with one attached hydrogen (secondary N) is 1. The van der Waals surface area contributed by atoms with Gasteiger partial charge in [-0.25, -0.2) is 9.07 Å². The molecule has 3 saturated carbocycles. The molecule has 23 heavy (non-hydrogen) atoms. The molecule has 1 atom stereocenters. The number of rotatable bonds is 5. The minimum atomic E-state index is -0.272. The van der Waals surface area contributed by atoms with E-state index in [2.05, 4.69) is 15.6 Å². The third-order valence-electron chi connectivity index (χ3n) is 5.04. The Morgan fingerprint density at radius 3 is 2.70 bits per heavy atom. The zero-order valence-corrected chi connectivity index (χ0v) is 13.0. The first-order valence-corrected chi connectivity index (χ1v) is 8.01. The van der Waals surface area contributed by atoms with Crippen LogP contribution in [-0.2, 0) is 11.3 Å². The van der Waals surface area contributed by atoms with E-state index in [1.807, 2.05) is 13.1 Å². The van der Waals surface area contributed by atoms with Gasteiger partial charge in [-0.3, -0.25) is 4.79 Å². The second kappa shape index (κ2) is 5.15. The summed E-state index contributed by atoms with van der Waals surface area (Å²) in [7, 11) is 0. The second-order valence-electron chi connectivity index (χ2n) is 6.97. The van der Waals surface area contributed by atoms with Crippen molar-refractivity contribution >= 4 is 5.91 Å². The second-order valence-corrected chi connectivity index (χ2v) is 6.97. The Balaban J connectivity index is 1.37. The minimum absolute atomic E-state index is 0.000655.